The Bertz CT molecular complexity index is 613. The van der Waals surface area contributed by atoms with Crippen molar-refractivity contribution in [3.63, 3.8) is 0 Å². The lowest BCUT2D eigenvalue weighted by Crippen LogP contribution is -2.40. The first kappa shape index (κ1) is 15.4. The van der Waals surface area contributed by atoms with Crippen molar-refractivity contribution in [2.24, 2.45) is 0 Å². The van der Waals surface area contributed by atoms with Crippen LogP contribution in [0.2, 0.25) is 0 Å². The summed E-state index contributed by atoms with van der Waals surface area (Å²) < 4.78 is 18.3. The SMILES string of the molecule is Cc1nnc(OCC(=O)N(c2ccc(F)cc2)C(C)C)s1. The summed E-state index contributed by atoms with van der Waals surface area (Å²) >= 11 is 1.28. The second-order valence-corrected chi connectivity index (χ2v) is 5.85. The van der Waals surface area contributed by atoms with E-state index in [0.717, 1.165) is 5.01 Å². The zero-order chi connectivity index (χ0) is 15.4. The summed E-state index contributed by atoms with van der Waals surface area (Å²) in [7, 11) is 0. The molecule has 1 heterocycles. The number of hydrogen-bond acceptors (Lipinski definition) is 5. The van der Waals surface area contributed by atoms with Gasteiger partial charge in [0.05, 0.1) is 0 Å². The van der Waals surface area contributed by atoms with Gasteiger partial charge in [-0.25, -0.2) is 4.39 Å². The molecule has 0 aliphatic rings. The predicted octanol–water partition coefficient (Wildman–Crippen LogP) is 2.81. The van der Waals surface area contributed by atoms with Crippen LogP contribution < -0.4 is 9.64 Å². The van der Waals surface area contributed by atoms with Crippen LogP contribution in [-0.4, -0.2) is 28.8 Å². The fourth-order valence-corrected chi connectivity index (χ4v) is 2.40. The monoisotopic (exact) mass is 309 g/mol. The van der Waals surface area contributed by atoms with Gasteiger partial charge in [-0.05, 0) is 45.0 Å². The minimum absolute atomic E-state index is 0.0669. The van der Waals surface area contributed by atoms with Crippen molar-refractivity contribution < 1.29 is 13.9 Å². The molecule has 0 radical (unpaired) electrons. The van der Waals surface area contributed by atoms with Crippen molar-refractivity contribution in [1.29, 1.82) is 0 Å². The molecule has 0 spiro atoms. The molecule has 5 nitrogen and oxygen atoms in total. The largest absolute Gasteiger partial charge is 0.459 e. The number of amides is 1. The molecule has 0 bridgehead atoms. The Hall–Kier alpha value is -2.02. The molecule has 21 heavy (non-hydrogen) atoms. The molecule has 2 aromatic rings. The lowest BCUT2D eigenvalue weighted by molar-refractivity contribution is -0.120. The molecule has 0 fully saturated rings. The van der Waals surface area contributed by atoms with Crippen LogP contribution in [0.15, 0.2) is 24.3 Å². The highest BCUT2D eigenvalue weighted by atomic mass is 32.1. The molecule has 1 aromatic carbocycles. The summed E-state index contributed by atoms with van der Waals surface area (Å²) in [4.78, 5) is 13.9. The number of carbonyl (C=O) groups is 1. The zero-order valence-electron chi connectivity index (χ0n) is 12.0. The minimum Gasteiger partial charge on any atom is -0.459 e. The van der Waals surface area contributed by atoms with Crippen LogP contribution in [0.4, 0.5) is 10.1 Å². The minimum atomic E-state index is -0.338. The average Bonchev–Trinajstić information content (AvgIpc) is 2.84. The van der Waals surface area contributed by atoms with Crippen molar-refractivity contribution in [2.75, 3.05) is 11.5 Å². The number of aryl methyl sites for hydroxylation is 1. The normalized spacial score (nSPS) is 10.7. The number of anilines is 1. The standard InChI is InChI=1S/C14H16FN3O2S/c1-9(2)18(12-6-4-11(15)5-7-12)13(19)8-20-14-17-16-10(3)21-14/h4-7,9H,8H2,1-3H3. The van der Waals surface area contributed by atoms with Crippen molar-refractivity contribution in [1.82, 2.24) is 10.2 Å². The lowest BCUT2D eigenvalue weighted by Gasteiger charge is -2.26. The van der Waals surface area contributed by atoms with E-state index in [0.29, 0.717) is 10.9 Å². The van der Waals surface area contributed by atoms with Gasteiger partial charge in [0.15, 0.2) is 6.61 Å². The van der Waals surface area contributed by atoms with Gasteiger partial charge in [0.25, 0.3) is 11.1 Å². The predicted molar refractivity (Wildman–Crippen MR) is 79.2 cm³/mol. The average molecular weight is 309 g/mol. The Balaban J connectivity index is 2.07. The maximum Gasteiger partial charge on any atom is 0.294 e. The molecular weight excluding hydrogens is 293 g/mol. The third kappa shape index (κ3) is 3.98. The maximum absolute atomic E-state index is 13.0. The molecule has 2 rings (SSSR count). The topological polar surface area (TPSA) is 55.3 Å². The number of hydrogen-bond donors (Lipinski definition) is 0. The Morgan fingerprint density at radius 2 is 2.00 bits per heavy atom. The number of benzene rings is 1. The van der Waals surface area contributed by atoms with E-state index in [2.05, 4.69) is 10.2 Å². The quantitative estimate of drug-likeness (QED) is 0.852. The lowest BCUT2D eigenvalue weighted by atomic mass is 10.2. The van der Waals surface area contributed by atoms with Crippen molar-refractivity contribution in [2.45, 2.75) is 26.8 Å². The highest BCUT2D eigenvalue weighted by Crippen LogP contribution is 2.20. The smallest absolute Gasteiger partial charge is 0.294 e. The van der Waals surface area contributed by atoms with Crippen LogP contribution in [0.3, 0.4) is 0 Å². The Morgan fingerprint density at radius 3 is 2.52 bits per heavy atom. The van der Waals surface area contributed by atoms with E-state index in [4.69, 9.17) is 4.74 Å². The van der Waals surface area contributed by atoms with Gasteiger partial charge in [-0.1, -0.05) is 11.3 Å². The van der Waals surface area contributed by atoms with Gasteiger partial charge >= 0.3 is 0 Å². The van der Waals surface area contributed by atoms with Crippen molar-refractivity contribution in [3.8, 4) is 5.19 Å². The first-order chi connectivity index (χ1) is 9.97. The summed E-state index contributed by atoms with van der Waals surface area (Å²) in [5.41, 5.74) is 0.633. The molecule has 0 N–H and O–H groups in total. The highest BCUT2D eigenvalue weighted by molar-refractivity contribution is 7.12. The number of ether oxygens (including phenoxy) is 1. The zero-order valence-corrected chi connectivity index (χ0v) is 12.9. The van der Waals surface area contributed by atoms with Gasteiger partial charge in [0.2, 0.25) is 0 Å². The molecule has 112 valence electrons. The Kier molecular flexibility index (Phi) is 4.85. The Labute approximate surface area is 126 Å². The summed E-state index contributed by atoms with van der Waals surface area (Å²) in [5.74, 6) is -0.556. The highest BCUT2D eigenvalue weighted by Gasteiger charge is 2.20. The van der Waals surface area contributed by atoms with Crippen LogP contribution in [-0.2, 0) is 4.79 Å². The molecule has 0 aliphatic heterocycles. The van der Waals surface area contributed by atoms with Gasteiger partial charge in [-0.15, -0.1) is 10.2 Å². The molecule has 0 atom stereocenters. The van der Waals surface area contributed by atoms with E-state index >= 15 is 0 Å². The molecule has 0 saturated heterocycles. The first-order valence-corrected chi connectivity index (χ1v) is 7.29. The van der Waals surface area contributed by atoms with E-state index in [1.165, 1.54) is 23.5 Å². The van der Waals surface area contributed by atoms with E-state index < -0.39 is 0 Å². The molecule has 7 heteroatoms. The molecule has 0 saturated carbocycles. The Morgan fingerprint density at radius 1 is 1.33 bits per heavy atom. The van der Waals surface area contributed by atoms with Crippen LogP contribution in [0.1, 0.15) is 18.9 Å². The van der Waals surface area contributed by atoms with E-state index in [1.807, 2.05) is 20.8 Å². The second kappa shape index (κ2) is 6.62. The number of rotatable bonds is 5. The van der Waals surface area contributed by atoms with Gasteiger partial charge < -0.3 is 9.64 Å². The molecule has 1 amide bonds. The van der Waals surface area contributed by atoms with Crippen LogP contribution >= 0.6 is 11.3 Å². The number of carbonyl (C=O) groups excluding carboxylic acids is 1. The number of halogens is 1. The fourth-order valence-electron chi connectivity index (χ4n) is 1.86. The summed E-state index contributed by atoms with van der Waals surface area (Å²) in [5, 5.41) is 8.76. The van der Waals surface area contributed by atoms with E-state index in [1.54, 1.807) is 17.0 Å². The van der Waals surface area contributed by atoms with Gasteiger partial charge in [-0.2, -0.15) is 0 Å². The number of nitrogens with zero attached hydrogens (tertiary/aromatic N) is 3. The van der Waals surface area contributed by atoms with Crippen LogP contribution in [0.25, 0.3) is 0 Å². The van der Waals surface area contributed by atoms with Gasteiger partial charge in [0, 0.05) is 11.7 Å². The number of aromatic nitrogens is 2. The second-order valence-electron chi connectivity index (χ2n) is 4.71. The molecule has 1 aromatic heterocycles. The third-order valence-corrected chi connectivity index (χ3v) is 3.47. The van der Waals surface area contributed by atoms with Crippen molar-refractivity contribution >= 4 is 22.9 Å². The van der Waals surface area contributed by atoms with E-state index in [9.17, 15) is 9.18 Å². The fraction of sp³-hybridized carbons (Fsp3) is 0.357. The van der Waals surface area contributed by atoms with Gasteiger partial charge in [-0.3, -0.25) is 4.79 Å². The molecule has 0 unspecified atom stereocenters. The van der Waals surface area contributed by atoms with Crippen LogP contribution in [0.5, 0.6) is 5.19 Å². The molecular formula is C14H16FN3O2S. The maximum atomic E-state index is 13.0. The van der Waals surface area contributed by atoms with Crippen molar-refractivity contribution in [3.05, 3.63) is 35.1 Å². The summed E-state index contributed by atoms with van der Waals surface area (Å²) in [6.07, 6.45) is 0. The van der Waals surface area contributed by atoms with E-state index in [-0.39, 0.29) is 24.4 Å². The first-order valence-electron chi connectivity index (χ1n) is 6.48. The van der Waals surface area contributed by atoms with Gasteiger partial charge in [0.1, 0.15) is 10.8 Å². The summed E-state index contributed by atoms with van der Waals surface area (Å²) in [6, 6.07) is 5.73. The molecule has 0 aliphatic carbocycles. The van der Waals surface area contributed by atoms with Crippen LogP contribution in [0, 0.1) is 12.7 Å². The third-order valence-electron chi connectivity index (χ3n) is 2.72. The summed E-state index contributed by atoms with van der Waals surface area (Å²) in [6.45, 7) is 5.45.